The van der Waals surface area contributed by atoms with Gasteiger partial charge in [0.25, 0.3) is 5.91 Å². The zero-order valence-corrected chi connectivity index (χ0v) is 10.2. The third-order valence-corrected chi connectivity index (χ3v) is 2.30. The SMILES string of the molecule is Cc1nc(C(=O)N(C)CC(F)(F)F)ccc1C(=O)O. The molecule has 0 spiro atoms. The van der Waals surface area contributed by atoms with E-state index in [1.807, 2.05) is 0 Å². The maximum Gasteiger partial charge on any atom is 0.406 e. The van der Waals surface area contributed by atoms with Crippen LogP contribution in [-0.4, -0.2) is 46.6 Å². The molecule has 104 valence electrons. The number of carboxylic acids is 1. The van der Waals surface area contributed by atoms with Crippen LogP contribution in [0.4, 0.5) is 13.2 Å². The van der Waals surface area contributed by atoms with Crippen LogP contribution in [0, 0.1) is 6.92 Å². The first-order valence-corrected chi connectivity index (χ1v) is 5.15. The normalized spacial score (nSPS) is 11.2. The molecule has 1 heterocycles. The average Bonchev–Trinajstić information content (AvgIpc) is 2.24. The Kier molecular flexibility index (Phi) is 4.13. The van der Waals surface area contributed by atoms with Gasteiger partial charge in [0.2, 0.25) is 0 Å². The Labute approximate surface area is 106 Å². The number of hydrogen-bond acceptors (Lipinski definition) is 3. The van der Waals surface area contributed by atoms with Crippen LogP contribution in [0.3, 0.4) is 0 Å². The molecule has 1 N–H and O–H groups in total. The maximum absolute atomic E-state index is 12.1. The molecule has 5 nitrogen and oxygen atoms in total. The molecule has 0 fully saturated rings. The van der Waals surface area contributed by atoms with Crippen LogP contribution in [0.2, 0.25) is 0 Å². The Morgan fingerprint density at radius 1 is 1.37 bits per heavy atom. The van der Waals surface area contributed by atoms with Crippen LogP contribution in [0.15, 0.2) is 12.1 Å². The van der Waals surface area contributed by atoms with Crippen LogP contribution in [0.5, 0.6) is 0 Å². The first-order chi connectivity index (χ1) is 8.61. The van der Waals surface area contributed by atoms with Gasteiger partial charge in [-0.2, -0.15) is 13.2 Å². The summed E-state index contributed by atoms with van der Waals surface area (Å²) in [6, 6.07) is 2.23. The summed E-state index contributed by atoms with van der Waals surface area (Å²) in [6.45, 7) is -0.0305. The fraction of sp³-hybridized carbons (Fsp3) is 0.364. The number of carbonyl (C=O) groups excluding carboxylic acids is 1. The molecule has 0 aliphatic rings. The molecular weight excluding hydrogens is 265 g/mol. The van der Waals surface area contributed by atoms with Gasteiger partial charge in [0.15, 0.2) is 0 Å². The molecule has 0 saturated heterocycles. The Balaban J connectivity index is 2.95. The van der Waals surface area contributed by atoms with E-state index in [2.05, 4.69) is 4.98 Å². The number of aromatic carboxylic acids is 1. The zero-order valence-electron chi connectivity index (χ0n) is 10.2. The topological polar surface area (TPSA) is 70.5 Å². The molecule has 8 heteroatoms. The number of halogens is 3. The first kappa shape index (κ1) is 14.9. The number of hydrogen-bond donors (Lipinski definition) is 1. The predicted molar refractivity (Wildman–Crippen MR) is 58.9 cm³/mol. The van der Waals surface area contributed by atoms with Crippen LogP contribution in [0.1, 0.15) is 26.5 Å². The molecule has 0 saturated carbocycles. The van der Waals surface area contributed by atoms with E-state index in [0.29, 0.717) is 4.90 Å². The van der Waals surface area contributed by atoms with Gasteiger partial charge in [0, 0.05) is 7.05 Å². The van der Waals surface area contributed by atoms with Crippen LogP contribution in [0.25, 0.3) is 0 Å². The van der Waals surface area contributed by atoms with Crippen LogP contribution < -0.4 is 0 Å². The standard InChI is InChI=1S/C11H11F3N2O3/c1-6-7(10(18)19)3-4-8(15-6)9(17)16(2)5-11(12,13)14/h3-4H,5H2,1-2H3,(H,18,19). The Bertz CT molecular complexity index is 514. The molecule has 0 aromatic carbocycles. The van der Waals surface area contributed by atoms with Gasteiger partial charge in [-0.15, -0.1) is 0 Å². The monoisotopic (exact) mass is 276 g/mol. The van der Waals surface area contributed by atoms with Gasteiger partial charge in [0.1, 0.15) is 12.2 Å². The van der Waals surface area contributed by atoms with E-state index >= 15 is 0 Å². The molecule has 19 heavy (non-hydrogen) atoms. The Morgan fingerprint density at radius 2 is 1.95 bits per heavy atom. The second kappa shape index (κ2) is 5.25. The average molecular weight is 276 g/mol. The summed E-state index contributed by atoms with van der Waals surface area (Å²) in [7, 11) is 0.998. The molecule has 0 unspecified atom stereocenters. The number of aromatic nitrogens is 1. The lowest BCUT2D eigenvalue weighted by Crippen LogP contribution is -2.36. The van der Waals surface area contributed by atoms with Crippen molar-refractivity contribution < 1.29 is 27.9 Å². The van der Waals surface area contributed by atoms with E-state index in [4.69, 9.17) is 5.11 Å². The number of carboxylic acid groups (broad SMARTS) is 1. The molecule has 0 radical (unpaired) electrons. The summed E-state index contributed by atoms with van der Waals surface area (Å²) >= 11 is 0. The predicted octanol–water partition coefficient (Wildman–Crippen LogP) is 1.72. The highest BCUT2D eigenvalue weighted by molar-refractivity contribution is 5.94. The molecule has 0 aliphatic heterocycles. The molecule has 1 aromatic heterocycles. The van der Waals surface area contributed by atoms with Crippen molar-refractivity contribution in [1.29, 1.82) is 0 Å². The molecule has 0 bridgehead atoms. The van der Waals surface area contributed by atoms with Crippen molar-refractivity contribution in [2.75, 3.05) is 13.6 Å². The summed E-state index contributed by atoms with van der Waals surface area (Å²) in [4.78, 5) is 26.6. The highest BCUT2D eigenvalue weighted by Gasteiger charge is 2.32. The molecule has 1 aromatic rings. The lowest BCUT2D eigenvalue weighted by molar-refractivity contribution is -0.138. The summed E-state index contributed by atoms with van der Waals surface area (Å²) in [6.07, 6.45) is -4.50. The minimum absolute atomic E-state index is 0.0683. The van der Waals surface area contributed by atoms with E-state index in [1.165, 1.54) is 6.92 Å². The highest BCUT2D eigenvalue weighted by Crippen LogP contribution is 2.17. The van der Waals surface area contributed by atoms with Crippen molar-refractivity contribution in [2.45, 2.75) is 13.1 Å². The van der Waals surface area contributed by atoms with E-state index in [0.717, 1.165) is 19.2 Å². The number of rotatable bonds is 3. The van der Waals surface area contributed by atoms with Gasteiger partial charge < -0.3 is 10.0 Å². The van der Waals surface area contributed by atoms with Crippen LogP contribution >= 0.6 is 0 Å². The van der Waals surface area contributed by atoms with Crippen LogP contribution in [-0.2, 0) is 0 Å². The van der Waals surface area contributed by atoms with Gasteiger partial charge >= 0.3 is 12.1 Å². The Hall–Kier alpha value is -2.12. The second-order valence-corrected chi connectivity index (χ2v) is 3.91. The second-order valence-electron chi connectivity index (χ2n) is 3.91. The number of pyridine rings is 1. The molecule has 1 amide bonds. The minimum atomic E-state index is -4.50. The lowest BCUT2D eigenvalue weighted by Gasteiger charge is -2.18. The van der Waals surface area contributed by atoms with Crippen molar-refractivity contribution in [3.05, 3.63) is 29.1 Å². The van der Waals surface area contributed by atoms with Gasteiger partial charge in [-0.3, -0.25) is 4.79 Å². The van der Waals surface area contributed by atoms with Gasteiger partial charge in [-0.05, 0) is 19.1 Å². The molecule has 0 aliphatic carbocycles. The van der Waals surface area contributed by atoms with Gasteiger partial charge in [-0.25, -0.2) is 9.78 Å². The van der Waals surface area contributed by atoms with Crippen molar-refractivity contribution in [2.24, 2.45) is 0 Å². The molecule has 0 atom stereocenters. The summed E-state index contributed by atoms with van der Waals surface area (Å²) in [5, 5.41) is 8.77. The largest absolute Gasteiger partial charge is 0.478 e. The summed E-state index contributed by atoms with van der Waals surface area (Å²) in [5.41, 5.74) is -0.261. The minimum Gasteiger partial charge on any atom is -0.478 e. The highest BCUT2D eigenvalue weighted by atomic mass is 19.4. The smallest absolute Gasteiger partial charge is 0.406 e. The van der Waals surface area contributed by atoms with E-state index in [9.17, 15) is 22.8 Å². The van der Waals surface area contributed by atoms with E-state index in [1.54, 1.807) is 0 Å². The maximum atomic E-state index is 12.1. The van der Waals surface area contributed by atoms with Crippen molar-refractivity contribution in [3.8, 4) is 0 Å². The summed E-state index contributed by atoms with van der Waals surface area (Å²) < 4.78 is 36.4. The third kappa shape index (κ3) is 3.94. The van der Waals surface area contributed by atoms with Crippen molar-refractivity contribution in [3.63, 3.8) is 0 Å². The number of alkyl halides is 3. The number of aryl methyl sites for hydroxylation is 1. The molecular formula is C11H11F3N2O3. The Morgan fingerprint density at radius 3 is 2.37 bits per heavy atom. The zero-order chi connectivity index (χ0) is 14.8. The van der Waals surface area contributed by atoms with Gasteiger partial charge in [0.05, 0.1) is 11.3 Å². The number of amides is 1. The number of carbonyl (C=O) groups is 2. The lowest BCUT2D eigenvalue weighted by atomic mass is 10.2. The summed E-state index contributed by atoms with van der Waals surface area (Å²) in [5.74, 6) is -2.13. The van der Waals surface area contributed by atoms with Crippen molar-refractivity contribution in [1.82, 2.24) is 9.88 Å². The first-order valence-electron chi connectivity index (χ1n) is 5.15. The number of nitrogens with zero attached hydrogens (tertiary/aromatic N) is 2. The third-order valence-electron chi connectivity index (χ3n) is 2.30. The fourth-order valence-corrected chi connectivity index (χ4v) is 1.44. The fourth-order valence-electron chi connectivity index (χ4n) is 1.44. The molecule has 1 rings (SSSR count). The quantitative estimate of drug-likeness (QED) is 0.912. The van der Waals surface area contributed by atoms with Gasteiger partial charge in [-0.1, -0.05) is 0 Å². The van der Waals surface area contributed by atoms with E-state index < -0.39 is 24.6 Å². The van der Waals surface area contributed by atoms with E-state index in [-0.39, 0.29) is 17.0 Å². The van der Waals surface area contributed by atoms with Crippen molar-refractivity contribution >= 4 is 11.9 Å².